The van der Waals surface area contributed by atoms with Crippen LogP contribution in [0.15, 0.2) is 84.4 Å². The molecule has 2 heterocycles. The molecular weight excluding hydrogens is 624 g/mol. The highest BCUT2D eigenvalue weighted by Crippen LogP contribution is 2.59. The number of carbonyl (C=O) groups excluding carboxylic acids is 4. The molecule has 0 aromatic heterocycles. The first-order chi connectivity index (χ1) is 23.1. The topological polar surface area (TPSA) is 190 Å². The van der Waals surface area contributed by atoms with Crippen molar-refractivity contribution in [3.8, 4) is 5.75 Å². The van der Waals surface area contributed by atoms with Crippen molar-refractivity contribution in [2.45, 2.75) is 18.8 Å². The van der Waals surface area contributed by atoms with E-state index < -0.39 is 69.0 Å². The molecule has 7 rings (SSSR count). The Bertz CT molecular complexity index is 1910. The Morgan fingerprint density at radius 3 is 1.81 bits per heavy atom. The smallest absolute Gasteiger partial charge is 0.269 e. The Hall–Kier alpha value is -5.76. The van der Waals surface area contributed by atoms with Gasteiger partial charge in [-0.15, -0.1) is 0 Å². The van der Waals surface area contributed by atoms with E-state index in [9.17, 15) is 44.5 Å². The molecule has 2 saturated heterocycles. The first-order valence-corrected chi connectivity index (χ1v) is 15.4. The van der Waals surface area contributed by atoms with Crippen LogP contribution in [0.25, 0.3) is 0 Å². The van der Waals surface area contributed by atoms with Crippen molar-refractivity contribution in [3.63, 3.8) is 0 Å². The Labute approximate surface area is 272 Å². The number of rotatable bonds is 8. The van der Waals surface area contributed by atoms with Gasteiger partial charge in [-0.25, -0.2) is 0 Å². The number of nitro benzene ring substituents is 2. The minimum Gasteiger partial charge on any atom is -0.491 e. The van der Waals surface area contributed by atoms with Gasteiger partial charge >= 0.3 is 0 Å². The second-order valence-electron chi connectivity index (χ2n) is 12.2. The quantitative estimate of drug-likeness (QED) is 0.162. The molecule has 2 aliphatic heterocycles. The Morgan fingerprint density at radius 1 is 0.708 bits per heavy atom. The summed E-state index contributed by atoms with van der Waals surface area (Å²) in [4.78, 5) is 79.8. The van der Waals surface area contributed by atoms with E-state index in [2.05, 4.69) is 0 Å². The van der Waals surface area contributed by atoms with E-state index in [-0.39, 0.29) is 48.8 Å². The molecule has 14 nitrogen and oxygen atoms in total. The largest absolute Gasteiger partial charge is 0.491 e. The molecule has 244 valence electrons. The van der Waals surface area contributed by atoms with Crippen molar-refractivity contribution in [2.24, 2.45) is 29.6 Å². The monoisotopic (exact) mass is 652 g/mol. The molecule has 1 N–H and O–H groups in total. The summed E-state index contributed by atoms with van der Waals surface area (Å²) in [6.07, 6.45) is 2.19. The van der Waals surface area contributed by atoms with Gasteiger partial charge in [-0.05, 0) is 49.1 Å². The van der Waals surface area contributed by atoms with Gasteiger partial charge in [0.2, 0.25) is 23.6 Å². The van der Waals surface area contributed by atoms with Crippen LogP contribution < -0.4 is 14.5 Å². The zero-order chi connectivity index (χ0) is 33.9. The van der Waals surface area contributed by atoms with Crippen LogP contribution in [0, 0.1) is 49.8 Å². The van der Waals surface area contributed by atoms with Crippen LogP contribution in [0.3, 0.4) is 0 Å². The number of aliphatic hydroxyl groups excluding tert-OH is 1. The summed E-state index contributed by atoms with van der Waals surface area (Å²) in [6, 6.07) is 17.3. The van der Waals surface area contributed by atoms with Gasteiger partial charge in [0.25, 0.3) is 11.4 Å². The van der Waals surface area contributed by atoms with Gasteiger partial charge in [0.1, 0.15) is 12.4 Å². The molecular formula is C34H28N4O10. The Morgan fingerprint density at radius 2 is 1.25 bits per heavy atom. The van der Waals surface area contributed by atoms with Gasteiger partial charge in [0.05, 0.1) is 51.5 Å². The standard InChI is InChI=1S/C34H28N4O10/c39-15-16-48-27-4-2-1-3-23(27)28-22-13-14-24-29(33(42)35(31(24)40)18-5-9-20(10-6-18)37(44)45)25(22)17-26-30(28)34(43)36(32(26)41)19-7-11-21(12-8-19)38(46)47/h1-13,24-26,28-30,39H,14-17H2. The highest BCUT2D eigenvalue weighted by molar-refractivity contribution is 6.24. The average molecular weight is 653 g/mol. The van der Waals surface area contributed by atoms with E-state index in [1.807, 2.05) is 6.08 Å². The van der Waals surface area contributed by atoms with E-state index in [1.54, 1.807) is 24.3 Å². The maximum absolute atomic E-state index is 14.3. The number of para-hydroxylation sites is 1. The summed E-state index contributed by atoms with van der Waals surface area (Å²) >= 11 is 0. The summed E-state index contributed by atoms with van der Waals surface area (Å²) < 4.78 is 5.87. The zero-order valence-electron chi connectivity index (χ0n) is 25.2. The molecule has 1 saturated carbocycles. The number of nitro groups is 2. The number of allylic oxidation sites excluding steroid dienone is 2. The minimum absolute atomic E-state index is 0.0238. The van der Waals surface area contributed by atoms with E-state index in [0.29, 0.717) is 11.3 Å². The van der Waals surface area contributed by atoms with Crippen LogP contribution >= 0.6 is 0 Å². The summed E-state index contributed by atoms with van der Waals surface area (Å²) in [7, 11) is 0. The number of imide groups is 2. The fourth-order valence-electron chi connectivity index (χ4n) is 7.92. The summed E-state index contributed by atoms with van der Waals surface area (Å²) in [5.41, 5.74) is 1.31. The van der Waals surface area contributed by atoms with Gasteiger partial charge < -0.3 is 9.84 Å². The molecule has 48 heavy (non-hydrogen) atoms. The maximum Gasteiger partial charge on any atom is 0.269 e. The molecule has 0 bridgehead atoms. The van der Waals surface area contributed by atoms with Crippen LogP contribution in [0.1, 0.15) is 24.3 Å². The number of non-ortho nitro benzene ring substituents is 2. The van der Waals surface area contributed by atoms with Crippen molar-refractivity contribution < 1.29 is 38.9 Å². The molecule has 0 spiro atoms. The number of fused-ring (bicyclic) bond motifs is 4. The number of hydrogen-bond acceptors (Lipinski definition) is 10. The summed E-state index contributed by atoms with van der Waals surface area (Å²) in [6.45, 7) is -0.287. The van der Waals surface area contributed by atoms with E-state index in [1.165, 1.54) is 48.5 Å². The van der Waals surface area contributed by atoms with Crippen molar-refractivity contribution in [1.29, 1.82) is 0 Å². The molecule has 14 heteroatoms. The first kappa shape index (κ1) is 30.9. The fraction of sp³-hybridized carbons (Fsp3) is 0.294. The Kier molecular flexibility index (Phi) is 7.59. The minimum atomic E-state index is -0.899. The number of carbonyl (C=O) groups is 4. The van der Waals surface area contributed by atoms with Crippen molar-refractivity contribution in [1.82, 2.24) is 0 Å². The Balaban J connectivity index is 1.31. The lowest BCUT2D eigenvalue weighted by molar-refractivity contribution is -0.385. The lowest BCUT2D eigenvalue weighted by Crippen LogP contribution is -2.43. The third-order valence-electron chi connectivity index (χ3n) is 9.89. The molecule has 6 unspecified atom stereocenters. The molecule has 4 amide bonds. The van der Waals surface area contributed by atoms with Gasteiger partial charge in [-0.1, -0.05) is 29.8 Å². The van der Waals surface area contributed by atoms with Crippen LogP contribution in [0.2, 0.25) is 0 Å². The molecule has 3 aromatic rings. The third kappa shape index (κ3) is 4.75. The molecule has 4 aliphatic rings. The van der Waals surface area contributed by atoms with Gasteiger partial charge in [-0.2, -0.15) is 0 Å². The van der Waals surface area contributed by atoms with Gasteiger partial charge in [-0.3, -0.25) is 49.2 Å². The molecule has 0 radical (unpaired) electrons. The highest BCUT2D eigenvalue weighted by atomic mass is 16.6. The summed E-state index contributed by atoms with van der Waals surface area (Å²) in [5.74, 6) is -6.24. The van der Waals surface area contributed by atoms with Crippen molar-refractivity contribution >= 4 is 46.4 Å². The number of anilines is 2. The predicted octanol–water partition coefficient (Wildman–Crippen LogP) is 3.92. The number of nitrogens with zero attached hydrogens (tertiary/aromatic N) is 4. The normalized spacial score (nSPS) is 26.1. The van der Waals surface area contributed by atoms with E-state index >= 15 is 0 Å². The fourth-order valence-corrected chi connectivity index (χ4v) is 7.92. The number of aliphatic hydroxyl groups is 1. The SMILES string of the molecule is O=C1C2CC=C3C(CC4C(=O)N(c5ccc([N+](=O)[O-])cc5)C(=O)C4C3c3ccccc3OCCO)C2C(=O)N1c1ccc([N+](=O)[O-])cc1. The lowest BCUT2D eigenvalue weighted by Gasteiger charge is -2.44. The van der Waals surface area contributed by atoms with Gasteiger partial charge in [0, 0.05) is 35.7 Å². The van der Waals surface area contributed by atoms with Crippen molar-refractivity contribution in [2.75, 3.05) is 23.0 Å². The number of hydrogen-bond donors (Lipinski definition) is 1. The van der Waals surface area contributed by atoms with Crippen LogP contribution in [-0.2, 0) is 19.2 Å². The second-order valence-corrected chi connectivity index (χ2v) is 12.2. The first-order valence-electron chi connectivity index (χ1n) is 15.4. The maximum atomic E-state index is 14.3. The molecule has 3 aromatic carbocycles. The van der Waals surface area contributed by atoms with Gasteiger partial charge in [0.15, 0.2) is 0 Å². The van der Waals surface area contributed by atoms with E-state index in [0.717, 1.165) is 15.4 Å². The van der Waals surface area contributed by atoms with Crippen LogP contribution in [0.5, 0.6) is 5.75 Å². The number of benzene rings is 3. The van der Waals surface area contributed by atoms with Crippen LogP contribution in [0.4, 0.5) is 22.7 Å². The number of ether oxygens (including phenoxy) is 1. The third-order valence-corrected chi connectivity index (χ3v) is 9.89. The highest BCUT2D eigenvalue weighted by Gasteiger charge is 2.62. The molecule has 2 aliphatic carbocycles. The van der Waals surface area contributed by atoms with E-state index in [4.69, 9.17) is 4.74 Å². The zero-order valence-corrected chi connectivity index (χ0v) is 25.2. The molecule has 3 fully saturated rings. The summed E-state index contributed by atoms with van der Waals surface area (Å²) in [5, 5.41) is 31.9. The predicted molar refractivity (Wildman–Crippen MR) is 168 cm³/mol. The molecule has 6 atom stereocenters. The lowest BCUT2D eigenvalue weighted by atomic mass is 9.57. The average Bonchev–Trinajstić information content (AvgIpc) is 3.50. The second kappa shape index (κ2) is 11.8. The van der Waals surface area contributed by atoms with Crippen molar-refractivity contribution in [3.05, 3.63) is 110 Å². The van der Waals surface area contributed by atoms with Crippen LogP contribution in [-0.4, -0.2) is 51.8 Å². The number of amides is 4.